The SMILES string of the molecule is CCOc1ccccc1OCC1CN(Cl)CCO1. The average Bonchev–Trinajstić information content (AvgIpc) is 2.38. The van der Waals surface area contributed by atoms with Crippen LogP contribution >= 0.6 is 11.8 Å². The number of hydrogen-bond acceptors (Lipinski definition) is 4. The average molecular weight is 272 g/mol. The van der Waals surface area contributed by atoms with Crippen molar-refractivity contribution in [2.24, 2.45) is 0 Å². The molecule has 1 aromatic carbocycles. The van der Waals surface area contributed by atoms with Crippen LogP contribution in [0.5, 0.6) is 11.5 Å². The van der Waals surface area contributed by atoms with E-state index in [0.717, 1.165) is 18.0 Å². The predicted molar refractivity (Wildman–Crippen MR) is 70.3 cm³/mol. The highest BCUT2D eigenvalue weighted by atomic mass is 35.5. The van der Waals surface area contributed by atoms with Gasteiger partial charge in [0.2, 0.25) is 0 Å². The van der Waals surface area contributed by atoms with Crippen LogP contribution < -0.4 is 9.47 Å². The molecule has 0 radical (unpaired) electrons. The molecule has 1 aliphatic heterocycles. The molecule has 1 atom stereocenters. The number of benzene rings is 1. The third kappa shape index (κ3) is 3.77. The number of nitrogens with zero attached hydrogens (tertiary/aromatic N) is 1. The van der Waals surface area contributed by atoms with Gasteiger partial charge in [0, 0.05) is 13.1 Å². The van der Waals surface area contributed by atoms with Crippen LogP contribution in [0.2, 0.25) is 0 Å². The third-order valence-corrected chi connectivity index (χ3v) is 2.97. The standard InChI is InChI=1S/C13H18ClNO3/c1-2-16-12-5-3-4-6-13(12)18-10-11-9-15(14)7-8-17-11/h3-6,11H,2,7-10H2,1H3. The molecule has 0 saturated carbocycles. The van der Waals surface area contributed by atoms with Gasteiger partial charge < -0.3 is 14.2 Å². The molecule has 100 valence electrons. The molecule has 1 unspecified atom stereocenters. The molecular formula is C13H18ClNO3. The van der Waals surface area contributed by atoms with Gasteiger partial charge in [0.25, 0.3) is 0 Å². The van der Waals surface area contributed by atoms with Gasteiger partial charge >= 0.3 is 0 Å². The van der Waals surface area contributed by atoms with E-state index in [2.05, 4.69) is 0 Å². The summed E-state index contributed by atoms with van der Waals surface area (Å²) in [6, 6.07) is 7.64. The van der Waals surface area contributed by atoms with Crippen molar-refractivity contribution in [3.8, 4) is 11.5 Å². The molecule has 0 bridgehead atoms. The van der Waals surface area contributed by atoms with Crippen molar-refractivity contribution in [1.82, 2.24) is 4.42 Å². The lowest BCUT2D eigenvalue weighted by molar-refractivity contribution is -0.0249. The van der Waals surface area contributed by atoms with Crippen molar-refractivity contribution in [1.29, 1.82) is 0 Å². The van der Waals surface area contributed by atoms with E-state index in [-0.39, 0.29) is 6.10 Å². The Morgan fingerprint density at radius 2 is 2.06 bits per heavy atom. The van der Waals surface area contributed by atoms with Crippen LogP contribution in [0.1, 0.15) is 6.92 Å². The summed E-state index contributed by atoms with van der Waals surface area (Å²) >= 11 is 5.95. The lowest BCUT2D eigenvalue weighted by Crippen LogP contribution is -2.40. The van der Waals surface area contributed by atoms with Crippen LogP contribution in [0.4, 0.5) is 0 Å². The first-order chi connectivity index (χ1) is 8.79. The highest BCUT2D eigenvalue weighted by molar-refractivity contribution is 6.13. The van der Waals surface area contributed by atoms with Gasteiger partial charge in [-0.2, -0.15) is 0 Å². The second-order valence-corrected chi connectivity index (χ2v) is 4.53. The van der Waals surface area contributed by atoms with Crippen LogP contribution in [0.15, 0.2) is 24.3 Å². The molecule has 1 saturated heterocycles. The quantitative estimate of drug-likeness (QED) is 0.769. The first-order valence-electron chi connectivity index (χ1n) is 6.16. The van der Waals surface area contributed by atoms with Gasteiger partial charge in [0.15, 0.2) is 11.5 Å². The van der Waals surface area contributed by atoms with Crippen molar-refractivity contribution in [3.05, 3.63) is 24.3 Å². The van der Waals surface area contributed by atoms with Gasteiger partial charge in [-0.1, -0.05) is 12.1 Å². The molecule has 1 aliphatic rings. The van der Waals surface area contributed by atoms with Crippen molar-refractivity contribution in [3.63, 3.8) is 0 Å². The van der Waals surface area contributed by atoms with Crippen molar-refractivity contribution >= 4 is 11.8 Å². The van der Waals surface area contributed by atoms with E-state index in [4.69, 9.17) is 26.0 Å². The molecule has 0 amide bonds. The maximum Gasteiger partial charge on any atom is 0.161 e. The van der Waals surface area contributed by atoms with Crippen molar-refractivity contribution < 1.29 is 14.2 Å². The lowest BCUT2D eigenvalue weighted by Gasteiger charge is -2.28. The van der Waals surface area contributed by atoms with Gasteiger partial charge in [-0.05, 0) is 30.8 Å². The van der Waals surface area contributed by atoms with Gasteiger partial charge in [0.1, 0.15) is 12.7 Å². The zero-order chi connectivity index (χ0) is 12.8. The summed E-state index contributed by atoms with van der Waals surface area (Å²) in [4.78, 5) is 0. The Bertz CT molecular complexity index is 375. The summed E-state index contributed by atoms with van der Waals surface area (Å²) < 4.78 is 18.5. The largest absolute Gasteiger partial charge is 0.490 e. The van der Waals surface area contributed by atoms with Crippen molar-refractivity contribution in [2.45, 2.75) is 13.0 Å². The minimum Gasteiger partial charge on any atom is -0.490 e. The van der Waals surface area contributed by atoms with Gasteiger partial charge in [-0.15, -0.1) is 0 Å². The number of ether oxygens (including phenoxy) is 3. The maximum atomic E-state index is 5.95. The normalized spacial score (nSPS) is 20.7. The Hall–Kier alpha value is -0.970. The Morgan fingerprint density at radius 1 is 1.33 bits per heavy atom. The minimum absolute atomic E-state index is 0.00549. The van der Waals surface area contributed by atoms with E-state index in [1.54, 1.807) is 4.42 Å². The minimum atomic E-state index is 0.00549. The molecule has 0 N–H and O–H groups in total. The number of para-hydroxylation sites is 2. The predicted octanol–water partition coefficient (Wildman–Crippen LogP) is 2.32. The topological polar surface area (TPSA) is 30.9 Å². The molecule has 1 aromatic rings. The summed E-state index contributed by atoms with van der Waals surface area (Å²) in [5, 5.41) is 0. The molecular weight excluding hydrogens is 254 g/mol. The fraction of sp³-hybridized carbons (Fsp3) is 0.538. The Kier molecular flexibility index (Phi) is 5.11. The van der Waals surface area contributed by atoms with Crippen LogP contribution in [-0.4, -0.2) is 43.4 Å². The fourth-order valence-electron chi connectivity index (χ4n) is 1.81. The van der Waals surface area contributed by atoms with E-state index < -0.39 is 0 Å². The number of rotatable bonds is 5. The molecule has 0 aliphatic carbocycles. The van der Waals surface area contributed by atoms with Gasteiger partial charge in [-0.3, -0.25) is 0 Å². The van der Waals surface area contributed by atoms with E-state index in [0.29, 0.717) is 26.4 Å². The zero-order valence-corrected chi connectivity index (χ0v) is 11.2. The van der Waals surface area contributed by atoms with Crippen LogP contribution in [-0.2, 0) is 4.74 Å². The smallest absolute Gasteiger partial charge is 0.161 e. The molecule has 0 aromatic heterocycles. The fourth-order valence-corrected chi connectivity index (χ4v) is 2.03. The first kappa shape index (κ1) is 13.5. The molecule has 1 heterocycles. The van der Waals surface area contributed by atoms with E-state index in [9.17, 15) is 0 Å². The summed E-state index contributed by atoms with van der Waals surface area (Å²) in [5.74, 6) is 1.51. The monoisotopic (exact) mass is 271 g/mol. The molecule has 2 rings (SSSR count). The maximum absolute atomic E-state index is 5.95. The molecule has 4 nitrogen and oxygen atoms in total. The second kappa shape index (κ2) is 6.83. The number of morpholine rings is 1. The highest BCUT2D eigenvalue weighted by Crippen LogP contribution is 2.26. The molecule has 0 spiro atoms. The van der Waals surface area contributed by atoms with E-state index >= 15 is 0 Å². The van der Waals surface area contributed by atoms with Crippen LogP contribution in [0.25, 0.3) is 0 Å². The molecule has 18 heavy (non-hydrogen) atoms. The van der Waals surface area contributed by atoms with Gasteiger partial charge in [-0.25, -0.2) is 4.42 Å². The molecule has 1 fully saturated rings. The van der Waals surface area contributed by atoms with Crippen molar-refractivity contribution in [2.75, 3.05) is 32.9 Å². The Balaban J connectivity index is 1.89. The summed E-state index contributed by atoms with van der Waals surface area (Å²) in [5.41, 5.74) is 0. The zero-order valence-electron chi connectivity index (χ0n) is 10.5. The Morgan fingerprint density at radius 3 is 2.72 bits per heavy atom. The van der Waals surface area contributed by atoms with Gasteiger partial charge in [0.05, 0.1) is 13.2 Å². The summed E-state index contributed by atoms with van der Waals surface area (Å²) in [6.45, 7) is 5.13. The summed E-state index contributed by atoms with van der Waals surface area (Å²) in [7, 11) is 0. The van der Waals surface area contributed by atoms with Crippen LogP contribution in [0.3, 0.4) is 0 Å². The number of hydrogen-bond donors (Lipinski definition) is 0. The Labute approximate surface area is 112 Å². The number of halogens is 1. The van der Waals surface area contributed by atoms with E-state index in [1.165, 1.54) is 0 Å². The third-order valence-electron chi connectivity index (χ3n) is 2.66. The summed E-state index contributed by atoms with van der Waals surface area (Å²) in [6.07, 6.45) is 0.00549. The first-order valence-corrected chi connectivity index (χ1v) is 6.50. The highest BCUT2D eigenvalue weighted by Gasteiger charge is 2.20. The lowest BCUT2D eigenvalue weighted by atomic mass is 10.3. The second-order valence-electron chi connectivity index (χ2n) is 4.05. The van der Waals surface area contributed by atoms with E-state index in [1.807, 2.05) is 31.2 Å². The van der Waals surface area contributed by atoms with Crippen LogP contribution in [0, 0.1) is 0 Å². The molecule has 5 heteroatoms.